The molecule has 1 aliphatic carbocycles. The van der Waals surface area contributed by atoms with Gasteiger partial charge in [-0.2, -0.15) is 0 Å². The van der Waals surface area contributed by atoms with Crippen LogP contribution in [0.5, 0.6) is 0 Å². The van der Waals surface area contributed by atoms with Crippen molar-refractivity contribution in [1.29, 1.82) is 0 Å². The highest BCUT2D eigenvalue weighted by atomic mass is 15.1. The topological polar surface area (TPSA) is 29.9 Å². The Kier molecular flexibility index (Phi) is 3.64. The van der Waals surface area contributed by atoms with Crippen molar-refractivity contribution in [3.63, 3.8) is 0 Å². The van der Waals surface area contributed by atoms with Crippen LogP contribution < -0.4 is 5.32 Å². The van der Waals surface area contributed by atoms with Gasteiger partial charge in [0.1, 0.15) is 5.82 Å². The number of hydrogen-bond donors (Lipinski definition) is 1. The van der Waals surface area contributed by atoms with E-state index in [-0.39, 0.29) is 0 Å². The second-order valence-electron chi connectivity index (χ2n) is 5.25. The van der Waals surface area contributed by atoms with Crippen LogP contribution in [-0.4, -0.2) is 15.6 Å². The van der Waals surface area contributed by atoms with Gasteiger partial charge in [-0.25, -0.2) is 4.98 Å². The van der Waals surface area contributed by atoms with Crippen LogP contribution in [0.15, 0.2) is 12.4 Å². The molecular formula is C13H23N3. The van der Waals surface area contributed by atoms with E-state index >= 15 is 0 Å². The maximum Gasteiger partial charge on any atom is 0.122 e. The number of aryl methyl sites for hydroxylation is 1. The summed E-state index contributed by atoms with van der Waals surface area (Å²) >= 11 is 0. The summed E-state index contributed by atoms with van der Waals surface area (Å²) in [7, 11) is 2.05. The van der Waals surface area contributed by atoms with Crippen molar-refractivity contribution in [2.75, 3.05) is 0 Å². The SMILES string of the molecule is CC1CCCC(C)C1NCc1nccn1C. The summed E-state index contributed by atoms with van der Waals surface area (Å²) in [6.07, 6.45) is 7.99. The standard InChI is InChI=1S/C13H23N3/c1-10-5-4-6-11(2)13(10)15-9-12-14-7-8-16(12)3/h7-8,10-11,13,15H,4-6,9H2,1-3H3. The average molecular weight is 221 g/mol. The minimum atomic E-state index is 0.658. The monoisotopic (exact) mass is 221 g/mol. The summed E-state index contributed by atoms with van der Waals surface area (Å²) in [5, 5.41) is 3.68. The van der Waals surface area contributed by atoms with Gasteiger partial charge in [-0.15, -0.1) is 0 Å². The number of aromatic nitrogens is 2. The Bertz CT molecular complexity index is 322. The molecule has 2 unspecified atom stereocenters. The first-order chi connectivity index (χ1) is 7.68. The van der Waals surface area contributed by atoms with Crippen molar-refractivity contribution in [3.8, 4) is 0 Å². The van der Waals surface area contributed by atoms with Crippen LogP contribution in [0.1, 0.15) is 38.9 Å². The molecular weight excluding hydrogens is 198 g/mol. The fraction of sp³-hybridized carbons (Fsp3) is 0.769. The lowest BCUT2D eigenvalue weighted by Gasteiger charge is -2.35. The van der Waals surface area contributed by atoms with E-state index < -0.39 is 0 Å². The highest BCUT2D eigenvalue weighted by molar-refractivity contribution is 4.92. The highest BCUT2D eigenvalue weighted by Gasteiger charge is 2.27. The van der Waals surface area contributed by atoms with Gasteiger partial charge in [-0.1, -0.05) is 20.3 Å². The van der Waals surface area contributed by atoms with E-state index in [0.717, 1.165) is 24.2 Å². The van der Waals surface area contributed by atoms with Crippen LogP contribution in [0.25, 0.3) is 0 Å². The van der Waals surface area contributed by atoms with Gasteiger partial charge in [-0.05, 0) is 24.7 Å². The van der Waals surface area contributed by atoms with E-state index in [2.05, 4.69) is 35.8 Å². The Morgan fingerprint density at radius 3 is 2.62 bits per heavy atom. The Labute approximate surface area is 98.3 Å². The molecule has 1 heterocycles. The van der Waals surface area contributed by atoms with Gasteiger partial charge in [0.15, 0.2) is 0 Å². The third-order valence-electron chi connectivity index (χ3n) is 3.96. The second kappa shape index (κ2) is 5.00. The Balaban J connectivity index is 1.91. The van der Waals surface area contributed by atoms with Crippen molar-refractivity contribution in [1.82, 2.24) is 14.9 Å². The lowest BCUT2D eigenvalue weighted by atomic mass is 9.79. The Hall–Kier alpha value is -0.830. The van der Waals surface area contributed by atoms with Crippen LogP contribution in [0.4, 0.5) is 0 Å². The molecule has 1 aliphatic rings. The summed E-state index contributed by atoms with van der Waals surface area (Å²) < 4.78 is 2.09. The van der Waals surface area contributed by atoms with Crippen molar-refractivity contribution < 1.29 is 0 Å². The summed E-state index contributed by atoms with van der Waals surface area (Å²) in [5.41, 5.74) is 0. The summed E-state index contributed by atoms with van der Waals surface area (Å²) in [4.78, 5) is 4.35. The molecule has 2 atom stereocenters. The van der Waals surface area contributed by atoms with Crippen LogP contribution in [0, 0.1) is 11.8 Å². The number of rotatable bonds is 3. The summed E-state index contributed by atoms with van der Waals surface area (Å²) in [6.45, 7) is 5.63. The minimum Gasteiger partial charge on any atom is -0.337 e. The quantitative estimate of drug-likeness (QED) is 0.849. The fourth-order valence-corrected chi connectivity index (χ4v) is 2.86. The van der Waals surface area contributed by atoms with Gasteiger partial charge >= 0.3 is 0 Å². The van der Waals surface area contributed by atoms with Crippen molar-refractivity contribution in [2.24, 2.45) is 18.9 Å². The lowest BCUT2D eigenvalue weighted by molar-refractivity contribution is 0.206. The Morgan fingerprint density at radius 1 is 1.38 bits per heavy atom. The van der Waals surface area contributed by atoms with Gasteiger partial charge in [0, 0.05) is 25.5 Å². The largest absolute Gasteiger partial charge is 0.337 e. The summed E-state index contributed by atoms with van der Waals surface area (Å²) in [5.74, 6) is 2.72. The fourth-order valence-electron chi connectivity index (χ4n) is 2.86. The lowest BCUT2D eigenvalue weighted by Crippen LogP contribution is -2.42. The predicted molar refractivity (Wildman–Crippen MR) is 66.0 cm³/mol. The van der Waals surface area contributed by atoms with Gasteiger partial charge in [0.2, 0.25) is 0 Å². The normalized spacial score (nSPS) is 30.6. The first-order valence-corrected chi connectivity index (χ1v) is 6.38. The van der Waals surface area contributed by atoms with E-state index in [4.69, 9.17) is 0 Å². The molecule has 1 saturated carbocycles. The smallest absolute Gasteiger partial charge is 0.122 e. The van der Waals surface area contributed by atoms with Crippen LogP contribution in [0.3, 0.4) is 0 Å². The van der Waals surface area contributed by atoms with Gasteiger partial charge in [-0.3, -0.25) is 0 Å². The number of imidazole rings is 1. The zero-order chi connectivity index (χ0) is 11.5. The maximum absolute atomic E-state index is 4.35. The molecule has 3 nitrogen and oxygen atoms in total. The zero-order valence-corrected chi connectivity index (χ0v) is 10.6. The van der Waals surface area contributed by atoms with E-state index in [1.165, 1.54) is 19.3 Å². The molecule has 0 saturated heterocycles. The number of nitrogens with one attached hydrogen (secondary N) is 1. The zero-order valence-electron chi connectivity index (χ0n) is 10.6. The first-order valence-electron chi connectivity index (χ1n) is 6.38. The molecule has 0 spiro atoms. The van der Waals surface area contributed by atoms with Crippen LogP contribution >= 0.6 is 0 Å². The first kappa shape index (κ1) is 11.6. The highest BCUT2D eigenvalue weighted by Crippen LogP contribution is 2.28. The maximum atomic E-state index is 4.35. The Morgan fingerprint density at radius 2 is 2.06 bits per heavy atom. The van der Waals surface area contributed by atoms with Crippen molar-refractivity contribution >= 4 is 0 Å². The molecule has 1 fully saturated rings. The number of hydrogen-bond acceptors (Lipinski definition) is 2. The molecule has 16 heavy (non-hydrogen) atoms. The molecule has 2 rings (SSSR count). The average Bonchev–Trinajstić information content (AvgIpc) is 2.64. The summed E-state index contributed by atoms with van der Waals surface area (Å²) in [6, 6.07) is 0.658. The molecule has 3 heteroatoms. The molecule has 0 aliphatic heterocycles. The third-order valence-corrected chi connectivity index (χ3v) is 3.96. The van der Waals surface area contributed by atoms with Crippen molar-refractivity contribution in [3.05, 3.63) is 18.2 Å². The molecule has 0 amide bonds. The molecule has 1 aromatic heterocycles. The van der Waals surface area contributed by atoms with Crippen LogP contribution in [-0.2, 0) is 13.6 Å². The predicted octanol–water partition coefficient (Wildman–Crippen LogP) is 2.33. The molecule has 0 radical (unpaired) electrons. The van der Waals surface area contributed by atoms with E-state index in [1.807, 2.05) is 12.4 Å². The molecule has 1 N–H and O–H groups in total. The minimum absolute atomic E-state index is 0.658. The van der Waals surface area contributed by atoms with Gasteiger partial charge in [0.25, 0.3) is 0 Å². The molecule has 0 aromatic carbocycles. The second-order valence-corrected chi connectivity index (χ2v) is 5.25. The molecule has 90 valence electrons. The van der Waals surface area contributed by atoms with Crippen molar-refractivity contribution in [2.45, 2.75) is 45.7 Å². The van der Waals surface area contributed by atoms with E-state index in [9.17, 15) is 0 Å². The molecule has 1 aromatic rings. The van der Waals surface area contributed by atoms with Crippen LogP contribution in [0.2, 0.25) is 0 Å². The number of nitrogens with zero attached hydrogens (tertiary/aromatic N) is 2. The van der Waals surface area contributed by atoms with Gasteiger partial charge < -0.3 is 9.88 Å². The van der Waals surface area contributed by atoms with E-state index in [0.29, 0.717) is 6.04 Å². The third kappa shape index (κ3) is 2.46. The van der Waals surface area contributed by atoms with Gasteiger partial charge in [0.05, 0.1) is 6.54 Å². The van der Waals surface area contributed by atoms with E-state index in [1.54, 1.807) is 0 Å². The molecule has 0 bridgehead atoms.